The van der Waals surface area contributed by atoms with E-state index in [1.807, 2.05) is 6.07 Å². The molecule has 0 fully saturated rings. The molecule has 86 valence electrons. The standard InChI is InChI=1S/C13H16O3/c1-9(8-14)10-5-4-6-11(7-10)13(2,3)12(15)16/h4-9H,1-3H3,(H,15,16). The van der Waals surface area contributed by atoms with Crippen LogP contribution in [0.2, 0.25) is 0 Å². The van der Waals surface area contributed by atoms with Crippen molar-refractivity contribution >= 4 is 12.3 Å². The highest BCUT2D eigenvalue weighted by Gasteiger charge is 2.29. The number of hydrogen-bond acceptors (Lipinski definition) is 2. The third-order valence-electron chi connectivity index (χ3n) is 2.87. The minimum Gasteiger partial charge on any atom is -0.481 e. The average molecular weight is 220 g/mol. The van der Waals surface area contributed by atoms with Gasteiger partial charge in [-0.3, -0.25) is 4.79 Å². The second-order valence-electron chi connectivity index (χ2n) is 4.48. The lowest BCUT2D eigenvalue weighted by molar-refractivity contribution is -0.142. The van der Waals surface area contributed by atoms with Crippen molar-refractivity contribution in [3.8, 4) is 0 Å². The highest BCUT2D eigenvalue weighted by atomic mass is 16.4. The Morgan fingerprint density at radius 1 is 1.44 bits per heavy atom. The van der Waals surface area contributed by atoms with Crippen molar-refractivity contribution in [1.29, 1.82) is 0 Å². The summed E-state index contributed by atoms with van der Waals surface area (Å²) in [4.78, 5) is 21.8. The number of rotatable bonds is 4. The maximum absolute atomic E-state index is 11.1. The van der Waals surface area contributed by atoms with E-state index in [9.17, 15) is 9.59 Å². The predicted molar refractivity (Wildman–Crippen MR) is 61.6 cm³/mol. The fraction of sp³-hybridized carbons (Fsp3) is 0.385. The van der Waals surface area contributed by atoms with E-state index in [0.717, 1.165) is 11.8 Å². The first-order chi connectivity index (χ1) is 7.39. The monoisotopic (exact) mass is 220 g/mol. The van der Waals surface area contributed by atoms with Crippen LogP contribution in [-0.2, 0) is 15.0 Å². The van der Waals surface area contributed by atoms with E-state index in [2.05, 4.69) is 0 Å². The summed E-state index contributed by atoms with van der Waals surface area (Å²) in [6.45, 7) is 5.10. The van der Waals surface area contributed by atoms with Crippen molar-refractivity contribution in [3.05, 3.63) is 35.4 Å². The largest absolute Gasteiger partial charge is 0.481 e. The van der Waals surface area contributed by atoms with E-state index >= 15 is 0 Å². The zero-order valence-corrected chi connectivity index (χ0v) is 9.73. The van der Waals surface area contributed by atoms with E-state index in [1.165, 1.54) is 0 Å². The second kappa shape index (κ2) is 4.47. The van der Waals surface area contributed by atoms with E-state index in [-0.39, 0.29) is 5.92 Å². The van der Waals surface area contributed by atoms with Crippen LogP contribution < -0.4 is 0 Å². The van der Waals surface area contributed by atoms with Gasteiger partial charge in [0.25, 0.3) is 0 Å². The van der Waals surface area contributed by atoms with E-state index < -0.39 is 11.4 Å². The molecule has 3 nitrogen and oxygen atoms in total. The first-order valence-electron chi connectivity index (χ1n) is 5.18. The molecule has 0 aromatic heterocycles. The molecule has 16 heavy (non-hydrogen) atoms. The Bertz CT molecular complexity index is 407. The maximum atomic E-state index is 11.1. The Kier molecular flexibility index (Phi) is 3.48. The van der Waals surface area contributed by atoms with Crippen molar-refractivity contribution < 1.29 is 14.7 Å². The van der Waals surface area contributed by atoms with Gasteiger partial charge < -0.3 is 9.90 Å². The summed E-state index contributed by atoms with van der Waals surface area (Å²) >= 11 is 0. The Morgan fingerprint density at radius 2 is 2.06 bits per heavy atom. The summed E-state index contributed by atoms with van der Waals surface area (Å²) in [6, 6.07) is 7.18. The predicted octanol–water partition coefficient (Wildman–Crippen LogP) is 2.35. The Morgan fingerprint density at radius 3 is 2.56 bits per heavy atom. The van der Waals surface area contributed by atoms with E-state index in [1.54, 1.807) is 39.0 Å². The van der Waals surface area contributed by atoms with E-state index in [4.69, 9.17) is 5.11 Å². The first kappa shape index (κ1) is 12.4. The van der Waals surface area contributed by atoms with Crippen LogP contribution in [0.4, 0.5) is 0 Å². The second-order valence-corrected chi connectivity index (χ2v) is 4.48. The van der Waals surface area contributed by atoms with Crippen LogP contribution in [0.5, 0.6) is 0 Å². The number of aldehydes is 1. The molecule has 0 aliphatic heterocycles. The molecule has 1 rings (SSSR count). The molecule has 3 heteroatoms. The van der Waals surface area contributed by atoms with Crippen molar-refractivity contribution in [1.82, 2.24) is 0 Å². The summed E-state index contributed by atoms with van der Waals surface area (Å²) in [5.41, 5.74) is 0.631. The summed E-state index contributed by atoms with van der Waals surface area (Å²) < 4.78 is 0. The van der Waals surface area contributed by atoms with Crippen LogP contribution >= 0.6 is 0 Å². The van der Waals surface area contributed by atoms with Gasteiger partial charge in [0.2, 0.25) is 0 Å². The van der Waals surface area contributed by atoms with Crippen molar-refractivity contribution in [2.75, 3.05) is 0 Å². The number of carbonyl (C=O) groups excluding carboxylic acids is 1. The summed E-state index contributed by atoms with van der Waals surface area (Å²) in [7, 11) is 0. The van der Waals surface area contributed by atoms with Crippen LogP contribution in [0, 0.1) is 0 Å². The lowest BCUT2D eigenvalue weighted by Gasteiger charge is -2.20. The van der Waals surface area contributed by atoms with Gasteiger partial charge in [-0.05, 0) is 25.0 Å². The Labute approximate surface area is 95.1 Å². The Hall–Kier alpha value is -1.64. The normalized spacial score (nSPS) is 13.2. The van der Waals surface area contributed by atoms with Gasteiger partial charge in [-0.1, -0.05) is 31.2 Å². The number of aliphatic carboxylic acids is 1. The highest BCUT2D eigenvalue weighted by molar-refractivity contribution is 5.80. The topological polar surface area (TPSA) is 54.4 Å². The van der Waals surface area contributed by atoms with E-state index in [0.29, 0.717) is 5.56 Å². The summed E-state index contributed by atoms with van der Waals surface area (Å²) in [5.74, 6) is -1.08. The maximum Gasteiger partial charge on any atom is 0.313 e. The number of carbonyl (C=O) groups is 2. The zero-order chi connectivity index (χ0) is 12.3. The first-order valence-corrected chi connectivity index (χ1v) is 5.18. The minimum atomic E-state index is -0.932. The third kappa shape index (κ3) is 2.30. The molecule has 1 aromatic carbocycles. The summed E-state index contributed by atoms with van der Waals surface area (Å²) in [5, 5.41) is 9.11. The van der Waals surface area contributed by atoms with Crippen molar-refractivity contribution in [2.45, 2.75) is 32.1 Å². The van der Waals surface area contributed by atoms with Crippen LogP contribution in [0.25, 0.3) is 0 Å². The molecule has 0 heterocycles. The Balaban J connectivity index is 3.17. The van der Waals surface area contributed by atoms with Crippen molar-refractivity contribution in [3.63, 3.8) is 0 Å². The van der Waals surface area contributed by atoms with Crippen LogP contribution in [0.15, 0.2) is 24.3 Å². The highest BCUT2D eigenvalue weighted by Crippen LogP contribution is 2.26. The van der Waals surface area contributed by atoms with Gasteiger partial charge >= 0.3 is 5.97 Å². The van der Waals surface area contributed by atoms with Gasteiger partial charge in [-0.25, -0.2) is 0 Å². The number of carboxylic acids is 1. The van der Waals surface area contributed by atoms with Gasteiger partial charge in [0.15, 0.2) is 0 Å². The minimum absolute atomic E-state index is 0.204. The van der Waals surface area contributed by atoms with Crippen LogP contribution in [0.1, 0.15) is 37.8 Å². The molecule has 1 aromatic rings. The molecule has 0 spiro atoms. The number of carboxylic acid groups (broad SMARTS) is 1. The molecule has 0 amide bonds. The van der Waals surface area contributed by atoms with Gasteiger partial charge in [-0.2, -0.15) is 0 Å². The van der Waals surface area contributed by atoms with Crippen molar-refractivity contribution in [2.24, 2.45) is 0 Å². The molecule has 0 radical (unpaired) electrons. The summed E-state index contributed by atoms with van der Waals surface area (Å²) in [6.07, 6.45) is 0.854. The molecule has 0 aliphatic carbocycles. The third-order valence-corrected chi connectivity index (χ3v) is 2.87. The van der Waals surface area contributed by atoms with Gasteiger partial charge in [0, 0.05) is 5.92 Å². The molecule has 0 saturated heterocycles. The molecule has 0 bridgehead atoms. The van der Waals surface area contributed by atoms with Gasteiger partial charge in [-0.15, -0.1) is 0 Å². The number of benzene rings is 1. The van der Waals surface area contributed by atoms with Crippen LogP contribution in [0.3, 0.4) is 0 Å². The molecule has 1 N–H and O–H groups in total. The molecule has 0 saturated carbocycles. The quantitative estimate of drug-likeness (QED) is 0.792. The SMILES string of the molecule is CC(C=O)c1cccc(C(C)(C)C(=O)O)c1. The smallest absolute Gasteiger partial charge is 0.313 e. The lowest BCUT2D eigenvalue weighted by atomic mass is 9.83. The molecular formula is C13H16O3. The average Bonchev–Trinajstić information content (AvgIpc) is 2.28. The van der Waals surface area contributed by atoms with Crippen LogP contribution in [-0.4, -0.2) is 17.4 Å². The molecule has 1 unspecified atom stereocenters. The van der Waals surface area contributed by atoms with Gasteiger partial charge in [0.05, 0.1) is 5.41 Å². The number of hydrogen-bond donors (Lipinski definition) is 1. The molecular weight excluding hydrogens is 204 g/mol. The molecule has 1 atom stereocenters. The fourth-order valence-corrected chi connectivity index (χ4v) is 1.41. The lowest BCUT2D eigenvalue weighted by Crippen LogP contribution is -2.28. The molecule has 0 aliphatic rings. The zero-order valence-electron chi connectivity index (χ0n) is 9.73. The van der Waals surface area contributed by atoms with Gasteiger partial charge in [0.1, 0.15) is 6.29 Å². The fourth-order valence-electron chi connectivity index (χ4n) is 1.41.